The van der Waals surface area contributed by atoms with Crippen molar-refractivity contribution < 1.29 is 0 Å². The fourth-order valence-electron chi connectivity index (χ4n) is 2.23. The van der Waals surface area contributed by atoms with Crippen LogP contribution in [0.4, 0.5) is 5.69 Å². The molecule has 0 unspecified atom stereocenters. The van der Waals surface area contributed by atoms with Crippen molar-refractivity contribution >= 4 is 5.69 Å². The lowest BCUT2D eigenvalue weighted by atomic mass is 10.2. The van der Waals surface area contributed by atoms with Gasteiger partial charge in [-0.3, -0.25) is 4.98 Å². The van der Waals surface area contributed by atoms with Crippen LogP contribution in [0.5, 0.6) is 0 Å². The van der Waals surface area contributed by atoms with Gasteiger partial charge < -0.3 is 10.2 Å². The molecule has 1 heterocycles. The molecule has 3 nitrogen and oxygen atoms in total. The molecular formula is C14H23N3. The summed E-state index contributed by atoms with van der Waals surface area (Å²) >= 11 is 0. The zero-order chi connectivity index (χ0) is 12.1. The van der Waals surface area contributed by atoms with Crippen LogP contribution >= 0.6 is 0 Å². The number of unbranched alkanes of at least 4 members (excludes halogenated alkanes) is 1. The number of rotatable bonds is 7. The number of nitrogens with zero attached hydrogens (tertiary/aromatic N) is 2. The Balaban J connectivity index is 2.15. The van der Waals surface area contributed by atoms with Crippen molar-refractivity contribution in [2.24, 2.45) is 0 Å². The molecule has 1 aliphatic rings. The van der Waals surface area contributed by atoms with E-state index < -0.39 is 0 Å². The predicted molar refractivity (Wildman–Crippen MR) is 72.3 cm³/mol. The maximum absolute atomic E-state index is 4.30. The fourth-order valence-corrected chi connectivity index (χ4v) is 2.23. The number of aromatic nitrogens is 1. The highest BCUT2D eigenvalue weighted by atomic mass is 15.2. The first-order valence-electron chi connectivity index (χ1n) is 6.71. The maximum Gasteiger partial charge on any atom is 0.0600 e. The monoisotopic (exact) mass is 233 g/mol. The summed E-state index contributed by atoms with van der Waals surface area (Å²) in [6.45, 7) is 4.35. The van der Waals surface area contributed by atoms with Crippen molar-refractivity contribution in [1.29, 1.82) is 0 Å². The standard InChI is InChI=1S/C14H23N3/c1-3-4-9-17(13-5-6-13)14-11-16-8-7-12(14)10-15-2/h7-8,11,13,15H,3-6,9-10H2,1-2H3. The van der Waals surface area contributed by atoms with Gasteiger partial charge in [-0.25, -0.2) is 0 Å². The van der Waals surface area contributed by atoms with Gasteiger partial charge in [-0.05, 0) is 37.9 Å². The van der Waals surface area contributed by atoms with Crippen molar-refractivity contribution in [3.8, 4) is 0 Å². The van der Waals surface area contributed by atoms with Gasteiger partial charge in [0.25, 0.3) is 0 Å². The molecule has 1 aromatic rings. The van der Waals surface area contributed by atoms with E-state index in [0.717, 1.165) is 12.6 Å². The van der Waals surface area contributed by atoms with Crippen LogP contribution < -0.4 is 10.2 Å². The molecule has 0 bridgehead atoms. The summed E-state index contributed by atoms with van der Waals surface area (Å²) in [6.07, 6.45) is 9.13. The normalized spacial score (nSPS) is 14.9. The van der Waals surface area contributed by atoms with Crippen molar-refractivity contribution in [3.05, 3.63) is 24.0 Å². The highest BCUT2D eigenvalue weighted by Crippen LogP contribution is 2.33. The number of nitrogens with one attached hydrogen (secondary N) is 1. The summed E-state index contributed by atoms with van der Waals surface area (Å²) < 4.78 is 0. The van der Waals surface area contributed by atoms with E-state index in [1.165, 1.54) is 43.5 Å². The molecule has 0 saturated heterocycles. The molecule has 17 heavy (non-hydrogen) atoms. The number of pyridine rings is 1. The molecular weight excluding hydrogens is 210 g/mol. The molecule has 94 valence electrons. The lowest BCUT2D eigenvalue weighted by Crippen LogP contribution is -2.28. The summed E-state index contributed by atoms with van der Waals surface area (Å²) in [7, 11) is 2.00. The highest BCUT2D eigenvalue weighted by Gasteiger charge is 2.29. The van der Waals surface area contributed by atoms with Crippen LogP contribution in [0.2, 0.25) is 0 Å². The van der Waals surface area contributed by atoms with Gasteiger partial charge in [-0.1, -0.05) is 13.3 Å². The Bertz CT molecular complexity index is 347. The molecule has 1 N–H and O–H groups in total. The summed E-state index contributed by atoms with van der Waals surface area (Å²) in [6, 6.07) is 2.90. The Morgan fingerprint density at radius 1 is 1.47 bits per heavy atom. The van der Waals surface area contributed by atoms with Crippen molar-refractivity contribution in [3.63, 3.8) is 0 Å². The van der Waals surface area contributed by atoms with Crippen LogP contribution in [-0.4, -0.2) is 24.6 Å². The predicted octanol–water partition coefficient (Wildman–Crippen LogP) is 2.57. The van der Waals surface area contributed by atoms with E-state index in [1.54, 1.807) is 0 Å². The van der Waals surface area contributed by atoms with E-state index in [9.17, 15) is 0 Å². The van der Waals surface area contributed by atoms with Gasteiger partial charge in [0.2, 0.25) is 0 Å². The zero-order valence-corrected chi connectivity index (χ0v) is 10.9. The SMILES string of the molecule is CCCCN(c1cnccc1CNC)C1CC1. The van der Waals surface area contributed by atoms with Crippen LogP contribution in [0, 0.1) is 0 Å². The van der Waals surface area contributed by atoms with Gasteiger partial charge in [0.1, 0.15) is 0 Å². The van der Waals surface area contributed by atoms with E-state index in [1.807, 2.05) is 19.4 Å². The van der Waals surface area contributed by atoms with E-state index in [2.05, 4.69) is 28.2 Å². The number of anilines is 1. The highest BCUT2D eigenvalue weighted by molar-refractivity contribution is 5.53. The molecule has 0 aliphatic heterocycles. The number of hydrogen-bond donors (Lipinski definition) is 1. The summed E-state index contributed by atoms with van der Waals surface area (Å²) in [5.41, 5.74) is 2.70. The van der Waals surface area contributed by atoms with E-state index in [0.29, 0.717) is 0 Å². The van der Waals surface area contributed by atoms with Crippen LogP contribution in [0.3, 0.4) is 0 Å². The van der Waals surface area contributed by atoms with Crippen LogP contribution in [0.1, 0.15) is 38.2 Å². The third kappa shape index (κ3) is 3.19. The molecule has 2 rings (SSSR count). The van der Waals surface area contributed by atoms with Crippen molar-refractivity contribution in [1.82, 2.24) is 10.3 Å². The molecule has 0 aromatic carbocycles. The van der Waals surface area contributed by atoms with Gasteiger partial charge in [-0.2, -0.15) is 0 Å². The molecule has 0 spiro atoms. The molecule has 0 radical (unpaired) electrons. The first kappa shape index (κ1) is 12.4. The third-order valence-corrected chi connectivity index (χ3v) is 3.30. The smallest absolute Gasteiger partial charge is 0.0600 e. The van der Waals surface area contributed by atoms with Gasteiger partial charge in [0.15, 0.2) is 0 Å². The Labute approximate surface area is 104 Å². The summed E-state index contributed by atoms with van der Waals surface area (Å²) in [4.78, 5) is 6.86. The minimum atomic E-state index is 0.765. The fraction of sp³-hybridized carbons (Fsp3) is 0.643. The zero-order valence-electron chi connectivity index (χ0n) is 10.9. The molecule has 1 saturated carbocycles. The third-order valence-electron chi connectivity index (χ3n) is 3.30. The average Bonchev–Trinajstić information content (AvgIpc) is 3.16. The minimum Gasteiger partial charge on any atom is -0.367 e. The molecule has 1 aromatic heterocycles. The van der Waals surface area contributed by atoms with E-state index in [4.69, 9.17) is 0 Å². The van der Waals surface area contributed by atoms with Crippen molar-refractivity contribution in [2.45, 2.75) is 45.2 Å². The largest absolute Gasteiger partial charge is 0.367 e. The quantitative estimate of drug-likeness (QED) is 0.784. The van der Waals surface area contributed by atoms with Crippen molar-refractivity contribution in [2.75, 3.05) is 18.5 Å². The van der Waals surface area contributed by atoms with Gasteiger partial charge in [-0.15, -0.1) is 0 Å². The Kier molecular flexibility index (Phi) is 4.37. The van der Waals surface area contributed by atoms with Crippen LogP contribution in [0.25, 0.3) is 0 Å². The molecule has 0 amide bonds. The van der Waals surface area contributed by atoms with Gasteiger partial charge >= 0.3 is 0 Å². The second-order valence-corrected chi connectivity index (χ2v) is 4.81. The Morgan fingerprint density at radius 3 is 2.94 bits per heavy atom. The van der Waals surface area contributed by atoms with Crippen LogP contribution in [-0.2, 0) is 6.54 Å². The van der Waals surface area contributed by atoms with E-state index >= 15 is 0 Å². The topological polar surface area (TPSA) is 28.2 Å². The van der Waals surface area contributed by atoms with Gasteiger partial charge in [0, 0.05) is 25.3 Å². The Hall–Kier alpha value is -1.09. The maximum atomic E-state index is 4.30. The first-order chi connectivity index (χ1) is 8.36. The van der Waals surface area contributed by atoms with E-state index in [-0.39, 0.29) is 0 Å². The molecule has 0 atom stereocenters. The second-order valence-electron chi connectivity index (χ2n) is 4.81. The average molecular weight is 233 g/mol. The number of hydrogen-bond acceptors (Lipinski definition) is 3. The summed E-state index contributed by atoms with van der Waals surface area (Å²) in [5, 5.41) is 3.24. The first-order valence-corrected chi connectivity index (χ1v) is 6.71. The lowest BCUT2D eigenvalue weighted by Gasteiger charge is -2.26. The minimum absolute atomic E-state index is 0.765. The second kappa shape index (κ2) is 6.01. The molecule has 1 fully saturated rings. The van der Waals surface area contributed by atoms with Crippen LogP contribution in [0.15, 0.2) is 18.5 Å². The lowest BCUT2D eigenvalue weighted by molar-refractivity contribution is 0.703. The van der Waals surface area contributed by atoms with Gasteiger partial charge in [0.05, 0.1) is 11.9 Å². The summed E-state index contributed by atoms with van der Waals surface area (Å²) in [5.74, 6) is 0. The molecule has 1 aliphatic carbocycles. The molecule has 3 heteroatoms. The Morgan fingerprint density at radius 2 is 2.29 bits per heavy atom.